The van der Waals surface area contributed by atoms with Crippen LogP contribution in [0.1, 0.15) is 59.3 Å². The molecule has 3 saturated carbocycles. The monoisotopic (exact) mass is 1680 g/mol. The van der Waals surface area contributed by atoms with Gasteiger partial charge in [-0.25, -0.2) is 42.8 Å². The number of H-pyrrole nitrogens is 1. The SMILES string of the molecule is CC(C)(C)OC(=O)Nc1cn2nc(I)ccc2n1.Cl.N=NN=NCl.Nc1cn2nc(I)ccc2n1.O=C(Cl)C1CC1.O=C(Nc1cn2nc(I)ccc2n1)C1CC1.O=C(Nc1cn2nc(Sc3nnc4ccccn34)ccc2n1)C1CC1.S=c1[nH]nc2ccccn12. The number of carbonyl (C=O) groups excluding carboxylic acids is 4. The van der Waals surface area contributed by atoms with E-state index in [1.165, 1.54) is 11.8 Å². The van der Waals surface area contributed by atoms with Crippen molar-refractivity contribution < 1.29 is 23.9 Å². The maximum absolute atomic E-state index is 11.9. The highest BCUT2D eigenvalue weighted by molar-refractivity contribution is 14.1. The number of carbonyl (C=O) groups is 4. The molecule has 0 radical (unpaired) electrons. The van der Waals surface area contributed by atoms with Crippen LogP contribution in [0, 0.1) is 39.2 Å². The highest BCUT2D eigenvalue weighted by Gasteiger charge is 2.31. The van der Waals surface area contributed by atoms with Gasteiger partial charge < -0.3 is 21.1 Å². The molecule has 0 aliphatic heterocycles. The van der Waals surface area contributed by atoms with Gasteiger partial charge >= 0.3 is 6.09 Å². The van der Waals surface area contributed by atoms with Crippen LogP contribution < -0.4 is 21.7 Å². The van der Waals surface area contributed by atoms with Crippen LogP contribution in [-0.2, 0) is 19.1 Å². The van der Waals surface area contributed by atoms with Crippen molar-refractivity contribution in [2.75, 3.05) is 21.7 Å². The Labute approximate surface area is 587 Å². The summed E-state index contributed by atoms with van der Waals surface area (Å²) in [5, 5.41) is 46.8. The molecule has 478 valence electrons. The van der Waals surface area contributed by atoms with Gasteiger partial charge in [0, 0.05) is 30.1 Å². The lowest BCUT2D eigenvalue weighted by atomic mass is 10.2. The summed E-state index contributed by atoms with van der Waals surface area (Å²) >= 11 is 22.3. The third-order valence-corrected chi connectivity index (χ3v) is 15.3. The minimum atomic E-state index is -0.531. The van der Waals surface area contributed by atoms with Crippen LogP contribution in [0.5, 0.6) is 0 Å². The van der Waals surface area contributed by atoms with Gasteiger partial charge in [-0.1, -0.05) is 16.8 Å². The standard InChI is InChI=1S/C16H13N7OS.C11H13IN4O2.C10H9IN4O.C6H5IN4.C6H5N3S.C4H5ClO.ClHN4.ClH/c24-15(10-4-5-10)18-11-9-23-12(17-11)6-7-14(21-23)25-16-20-19-13-3-1-2-8-22(13)16;1-11(2,3)18-10(17)14-8-6-16-9(13-8)5-4-7(12)15-16;11-7-3-4-9-12-8(5-15(9)14-7)13-10(16)6-1-2-6;7-4-1-2-6-9-5(8)3-11(6)10-4;10-6-8-7-5-3-1-2-4-9(5)6;5-4(6)3-1-2-3;1-3-5-4-2;/h1-3,6-10H,4-5H2,(H,18,24);4-6H,1-3H3,(H,14,17);3-6H,1-2H2,(H,13,16);1-3H,8H2;1-4H,(H,8,10);3H,1-2H2;2H;1H. The minimum absolute atomic E-state index is 0. The van der Waals surface area contributed by atoms with E-state index < -0.39 is 11.7 Å². The Bertz CT molecular complexity index is 4650. The predicted molar refractivity (Wildman–Crippen MR) is 371 cm³/mol. The molecule has 0 spiro atoms. The summed E-state index contributed by atoms with van der Waals surface area (Å²) in [4.78, 5) is 61.8. The smallest absolute Gasteiger partial charge is 0.413 e. The highest BCUT2D eigenvalue weighted by atomic mass is 127. The van der Waals surface area contributed by atoms with Crippen molar-refractivity contribution in [1.29, 1.82) is 5.53 Å². The van der Waals surface area contributed by atoms with Crippen LogP contribution in [0.15, 0.2) is 147 Å². The Morgan fingerprint density at radius 3 is 1.57 bits per heavy atom. The number of ether oxygens (including phenoxy) is 1. The quantitative estimate of drug-likeness (QED) is 0.0257. The Balaban J connectivity index is 0.000000146. The summed E-state index contributed by atoms with van der Waals surface area (Å²) < 4.78 is 21.4. The van der Waals surface area contributed by atoms with Crippen molar-refractivity contribution in [3.05, 3.63) is 138 Å². The molecule has 12 aromatic rings. The molecule has 0 aromatic carbocycles. The molecule has 31 nitrogen and oxygen atoms in total. The van der Waals surface area contributed by atoms with Crippen LogP contribution in [0.4, 0.5) is 28.1 Å². The molecule has 0 atom stereocenters. The van der Waals surface area contributed by atoms with E-state index in [0.717, 1.165) is 82.4 Å². The zero-order chi connectivity index (χ0) is 64.8. The third kappa shape index (κ3) is 21.1. The number of anilines is 4. The van der Waals surface area contributed by atoms with Gasteiger partial charge in [0.15, 0.2) is 56.1 Å². The molecule has 39 heteroatoms. The molecular formula is C53H52Cl3I3N26O5S2. The van der Waals surface area contributed by atoms with E-state index >= 15 is 0 Å². The first kappa shape index (κ1) is 70.1. The lowest BCUT2D eigenvalue weighted by molar-refractivity contribution is -0.118. The molecule has 3 amide bonds. The van der Waals surface area contributed by atoms with E-state index in [1.54, 1.807) is 63.6 Å². The molecule has 0 unspecified atom stereocenters. The summed E-state index contributed by atoms with van der Waals surface area (Å²) in [7, 11) is 0. The number of pyridine rings is 2. The second-order valence-electron chi connectivity index (χ2n) is 20.4. The highest BCUT2D eigenvalue weighted by Crippen LogP contribution is 2.32. The Morgan fingerprint density at radius 2 is 1.11 bits per heavy atom. The molecule has 3 aliphatic rings. The fourth-order valence-corrected chi connectivity index (χ4v) is 9.89. The summed E-state index contributed by atoms with van der Waals surface area (Å²) in [6, 6.07) is 26.4. The maximum Gasteiger partial charge on any atom is 0.413 e. The van der Waals surface area contributed by atoms with E-state index in [9.17, 15) is 19.2 Å². The van der Waals surface area contributed by atoms with Crippen LogP contribution in [-0.4, -0.2) is 116 Å². The number of hydrogen-bond acceptors (Lipinski definition) is 21. The lowest BCUT2D eigenvalue weighted by Gasteiger charge is -2.18. The number of aromatic nitrogens is 18. The number of aromatic amines is 1. The van der Waals surface area contributed by atoms with Crippen LogP contribution in [0.25, 0.3) is 33.9 Å². The molecule has 92 heavy (non-hydrogen) atoms. The number of nitrogens with two attached hydrogens (primary N) is 1. The van der Waals surface area contributed by atoms with E-state index in [2.05, 4.69) is 171 Å². The topological polar surface area (TPSA) is 385 Å². The predicted octanol–water partition coefficient (Wildman–Crippen LogP) is 12.1. The van der Waals surface area contributed by atoms with Crippen molar-refractivity contribution in [2.45, 2.75) is 75.1 Å². The molecule has 3 fully saturated rings. The molecule has 0 saturated heterocycles. The van der Waals surface area contributed by atoms with E-state index in [-0.39, 0.29) is 47.2 Å². The number of hydrogen-bond donors (Lipinski definition) is 6. The van der Waals surface area contributed by atoms with E-state index in [1.807, 2.05) is 106 Å². The van der Waals surface area contributed by atoms with Crippen LogP contribution in [0.2, 0.25) is 0 Å². The fraction of sp³-hybridized carbons (Fsp3) is 0.245. The van der Waals surface area contributed by atoms with Gasteiger partial charge in [0.25, 0.3) is 0 Å². The first-order valence-electron chi connectivity index (χ1n) is 27.0. The Hall–Kier alpha value is -7.77. The van der Waals surface area contributed by atoms with Crippen LogP contribution >= 0.6 is 128 Å². The summed E-state index contributed by atoms with van der Waals surface area (Å²) in [5.41, 5.74) is 15.3. The van der Waals surface area contributed by atoms with Crippen LogP contribution in [0.3, 0.4) is 0 Å². The van der Waals surface area contributed by atoms with Gasteiger partial charge in [0.2, 0.25) is 22.2 Å². The largest absolute Gasteiger partial charge is 0.444 e. The number of nitrogen functional groups attached to an aromatic ring is 1. The first-order valence-corrected chi connectivity index (χ1v) is 32.2. The Morgan fingerprint density at radius 1 is 0.641 bits per heavy atom. The summed E-state index contributed by atoms with van der Waals surface area (Å²) in [5.74, 6) is 2.69. The second-order valence-corrected chi connectivity index (χ2v) is 25.6. The second kappa shape index (κ2) is 32.7. The van der Waals surface area contributed by atoms with Crippen molar-refractivity contribution in [2.24, 2.45) is 32.8 Å². The zero-order valence-corrected chi connectivity index (χ0v) is 58.6. The van der Waals surface area contributed by atoms with Gasteiger partial charge in [-0.2, -0.15) is 31.0 Å². The average molecular weight is 1680 g/mol. The van der Waals surface area contributed by atoms with E-state index in [4.69, 9.17) is 39.8 Å². The van der Waals surface area contributed by atoms with Gasteiger partial charge in [0.1, 0.15) is 27.5 Å². The summed E-state index contributed by atoms with van der Waals surface area (Å²) in [6.07, 6.45) is 16.0. The van der Waals surface area contributed by atoms with Crippen molar-refractivity contribution in [1.82, 2.24) is 87.6 Å². The molecule has 3 aliphatic carbocycles. The number of fused-ring (bicyclic) bond motifs is 6. The third-order valence-electron chi connectivity index (χ3n) is 12.0. The normalized spacial score (nSPS) is 13.0. The van der Waals surface area contributed by atoms with E-state index in [0.29, 0.717) is 39.3 Å². The number of nitrogens with zero attached hydrogens (tertiary/aromatic N) is 20. The first-order chi connectivity index (χ1) is 43.7. The lowest BCUT2D eigenvalue weighted by Crippen LogP contribution is -2.27. The van der Waals surface area contributed by atoms with Gasteiger partial charge in [-0.05, 0) is 246 Å². The maximum atomic E-state index is 11.9. The number of nitrogens with one attached hydrogen (secondary N) is 5. The van der Waals surface area contributed by atoms with Gasteiger partial charge in [-0.3, -0.25) is 33.6 Å². The molecular weight excluding hydrogens is 1630 g/mol. The molecule has 15 rings (SSSR count). The van der Waals surface area contributed by atoms with Crippen molar-refractivity contribution in [3.63, 3.8) is 0 Å². The number of amides is 3. The number of imidazole rings is 4. The number of halogens is 6. The van der Waals surface area contributed by atoms with Gasteiger partial charge in [0.05, 0.1) is 36.6 Å². The van der Waals surface area contributed by atoms with Crippen molar-refractivity contribution >= 4 is 208 Å². The Kier molecular flexibility index (Phi) is 24.9. The molecule has 7 N–H and O–H groups in total. The fourth-order valence-electron chi connectivity index (χ4n) is 7.42. The molecule has 0 bridgehead atoms. The molecule has 12 aromatic heterocycles. The van der Waals surface area contributed by atoms with Crippen molar-refractivity contribution in [3.8, 4) is 0 Å². The zero-order valence-electron chi connectivity index (χ0n) is 48.2. The molecule has 12 heterocycles. The van der Waals surface area contributed by atoms with Gasteiger partial charge in [-0.15, -0.1) is 22.6 Å². The number of rotatable bonds is 9. The summed E-state index contributed by atoms with van der Waals surface area (Å²) in [6.45, 7) is 5.42. The minimum Gasteiger partial charge on any atom is -0.444 e. The average Bonchev–Trinajstić information content (AvgIpc) is 1.76.